The number of hydrogen-bond acceptors (Lipinski definition) is 5. The van der Waals surface area contributed by atoms with Crippen LogP contribution in [0.15, 0.2) is 65.1 Å². The maximum absolute atomic E-state index is 9.45. The summed E-state index contributed by atoms with van der Waals surface area (Å²) < 4.78 is 11.6. The van der Waals surface area contributed by atoms with Crippen molar-refractivity contribution >= 4 is 5.88 Å². The summed E-state index contributed by atoms with van der Waals surface area (Å²) in [6.07, 6.45) is 0. The van der Waals surface area contributed by atoms with Gasteiger partial charge in [0, 0.05) is 5.56 Å². The Morgan fingerprint density at radius 3 is 2.39 bits per heavy atom. The van der Waals surface area contributed by atoms with Gasteiger partial charge in [0.05, 0.1) is 26.2 Å². The van der Waals surface area contributed by atoms with Crippen molar-refractivity contribution in [2.24, 2.45) is 0 Å². The third-order valence-corrected chi connectivity index (χ3v) is 4.92. The van der Waals surface area contributed by atoms with Crippen LogP contribution >= 0.6 is 0 Å². The van der Waals surface area contributed by atoms with Crippen LogP contribution in [0.1, 0.15) is 17.1 Å². The van der Waals surface area contributed by atoms with E-state index in [1.165, 1.54) is 10.5 Å². The number of quaternary nitrogens is 1. The summed E-state index contributed by atoms with van der Waals surface area (Å²) >= 11 is 0. The number of aromatic nitrogens is 1. The first kappa shape index (κ1) is 18.1. The first-order valence-corrected chi connectivity index (χ1v) is 9.52. The highest BCUT2D eigenvalue weighted by molar-refractivity contribution is 5.48. The molecule has 1 saturated heterocycles. The molecule has 6 heteroatoms. The molecule has 0 amide bonds. The van der Waals surface area contributed by atoms with Crippen molar-refractivity contribution in [3.8, 4) is 11.8 Å². The molecule has 2 heterocycles. The Balaban J connectivity index is 1.36. The van der Waals surface area contributed by atoms with Crippen LogP contribution in [0.3, 0.4) is 0 Å². The van der Waals surface area contributed by atoms with Gasteiger partial charge in [-0.25, -0.2) is 0 Å². The van der Waals surface area contributed by atoms with E-state index in [0.717, 1.165) is 38.5 Å². The molecule has 6 nitrogen and oxygen atoms in total. The fourth-order valence-corrected chi connectivity index (χ4v) is 3.45. The summed E-state index contributed by atoms with van der Waals surface area (Å²) in [5, 5.41) is 9.45. The maximum Gasteiger partial charge on any atom is 0.236 e. The quantitative estimate of drug-likeness (QED) is 0.714. The number of ether oxygens (including phenoxy) is 1. The molecule has 0 aliphatic carbocycles. The number of nitrogens with one attached hydrogen (secondary N) is 1. The molecule has 28 heavy (non-hydrogen) atoms. The van der Waals surface area contributed by atoms with Gasteiger partial charge in [-0.1, -0.05) is 48.5 Å². The fourth-order valence-electron chi connectivity index (χ4n) is 3.45. The van der Waals surface area contributed by atoms with Gasteiger partial charge >= 0.3 is 0 Å². The van der Waals surface area contributed by atoms with Crippen LogP contribution < -0.4 is 14.5 Å². The lowest BCUT2D eigenvalue weighted by atomic mass is 10.2. The van der Waals surface area contributed by atoms with Crippen LogP contribution in [0, 0.1) is 11.3 Å². The molecule has 1 fully saturated rings. The number of para-hydroxylation sites is 1. The zero-order valence-corrected chi connectivity index (χ0v) is 15.7. The maximum atomic E-state index is 9.45. The van der Waals surface area contributed by atoms with Crippen molar-refractivity contribution < 1.29 is 14.1 Å². The smallest absolute Gasteiger partial charge is 0.236 e. The van der Waals surface area contributed by atoms with Gasteiger partial charge in [-0.3, -0.25) is 0 Å². The Bertz CT molecular complexity index is 926. The predicted octanol–water partition coefficient (Wildman–Crippen LogP) is 2.03. The molecular formula is C22H23N4O2+. The minimum absolute atomic E-state index is 0.206. The summed E-state index contributed by atoms with van der Waals surface area (Å²) in [6, 6.07) is 22.2. The van der Waals surface area contributed by atoms with Crippen LogP contribution in [-0.4, -0.2) is 31.2 Å². The van der Waals surface area contributed by atoms with Gasteiger partial charge in [-0.15, -0.1) is 0 Å². The van der Waals surface area contributed by atoms with E-state index < -0.39 is 0 Å². The Kier molecular flexibility index (Phi) is 5.55. The molecule has 0 atom stereocenters. The van der Waals surface area contributed by atoms with E-state index in [2.05, 4.69) is 40.2 Å². The van der Waals surface area contributed by atoms with Gasteiger partial charge in [-0.05, 0) is 12.1 Å². The van der Waals surface area contributed by atoms with Crippen molar-refractivity contribution in [3.63, 3.8) is 0 Å². The molecule has 1 aliphatic rings. The molecule has 0 saturated carbocycles. The Labute approximate surface area is 164 Å². The normalized spacial score (nSPS) is 14.6. The van der Waals surface area contributed by atoms with Crippen LogP contribution in [0.4, 0.5) is 5.88 Å². The number of hydrogen-bond donors (Lipinski definition) is 1. The highest BCUT2D eigenvalue weighted by Gasteiger charge is 2.26. The molecule has 1 aromatic heterocycles. The largest absolute Gasteiger partial charge is 0.484 e. The molecule has 1 N–H and O–H groups in total. The molecule has 1 aliphatic heterocycles. The summed E-state index contributed by atoms with van der Waals surface area (Å²) in [7, 11) is 0. The standard InChI is InChI=1S/C22H22N4O2/c23-15-20-22(28-21(24-20)17-27-19-9-5-2-6-10-19)26-13-11-25(12-14-26)16-18-7-3-1-4-8-18/h1-10H,11-14,16-17H2/p+1. The zero-order chi connectivity index (χ0) is 19.2. The van der Waals surface area contributed by atoms with E-state index >= 15 is 0 Å². The average molecular weight is 375 g/mol. The molecule has 0 radical (unpaired) electrons. The monoisotopic (exact) mass is 375 g/mol. The van der Waals surface area contributed by atoms with Gasteiger partial charge in [0.15, 0.2) is 6.61 Å². The highest BCUT2D eigenvalue weighted by Crippen LogP contribution is 2.22. The van der Waals surface area contributed by atoms with Gasteiger partial charge in [0.1, 0.15) is 18.4 Å². The van der Waals surface area contributed by atoms with Crippen LogP contribution in [-0.2, 0) is 13.2 Å². The lowest BCUT2D eigenvalue weighted by Gasteiger charge is -2.31. The van der Waals surface area contributed by atoms with Crippen molar-refractivity contribution in [2.75, 3.05) is 31.1 Å². The molecular weight excluding hydrogens is 352 g/mol. The van der Waals surface area contributed by atoms with Gasteiger partial charge < -0.3 is 19.0 Å². The van der Waals surface area contributed by atoms with E-state index in [1.54, 1.807) is 0 Å². The molecule has 4 rings (SSSR count). The number of benzene rings is 2. The number of nitrogens with zero attached hydrogens (tertiary/aromatic N) is 3. The van der Waals surface area contributed by atoms with Gasteiger partial charge in [-0.2, -0.15) is 10.2 Å². The van der Waals surface area contributed by atoms with Crippen molar-refractivity contribution in [1.82, 2.24) is 4.98 Å². The second-order valence-corrected chi connectivity index (χ2v) is 6.87. The lowest BCUT2D eigenvalue weighted by Crippen LogP contribution is -3.13. The minimum Gasteiger partial charge on any atom is -0.484 e. The fraction of sp³-hybridized carbons (Fsp3) is 0.273. The predicted molar refractivity (Wildman–Crippen MR) is 105 cm³/mol. The molecule has 2 aromatic carbocycles. The molecule has 3 aromatic rings. The van der Waals surface area contributed by atoms with Crippen LogP contribution in [0.2, 0.25) is 0 Å². The number of oxazole rings is 1. The SMILES string of the molecule is N#Cc1nc(COc2ccccc2)oc1N1CC[NH+](Cc2ccccc2)CC1. The van der Waals surface area contributed by atoms with E-state index in [0.29, 0.717) is 17.5 Å². The molecule has 0 spiro atoms. The van der Waals surface area contributed by atoms with Crippen LogP contribution in [0.5, 0.6) is 5.75 Å². The second-order valence-electron chi connectivity index (χ2n) is 6.87. The third-order valence-electron chi connectivity index (χ3n) is 4.92. The molecule has 142 valence electrons. The third kappa shape index (κ3) is 4.33. The lowest BCUT2D eigenvalue weighted by molar-refractivity contribution is -0.914. The van der Waals surface area contributed by atoms with E-state index in [1.807, 2.05) is 36.4 Å². The van der Waals surface area contributed by atoms with Gasteiger partial charge in [0.25, 0.3) is 0 Å². The Morgan fingerprint density at radius 2 is 1.71 bits per heavy atom. The summed E-state index contributed by atoms with van der Waals surface area (Å²) in [5.41, 5.74) is 1.68. The number of nitriles is 1. The Hall–Kier alpha value is -3.30. The average Bonchev–Trinajstić information content (AvgIpc) is 3.18. The van der Waals surface area contributed by atoms with E-state index in [4.69, 9.17) is 9.15 Å². The number of piperazine rings is 1. The number of anilines is 1. The Morgan fingerprint density at radius 1 is 1.04 bits per heavy atom. The summed E-state index contributed by atoms with van der Waals surface area (Å²) in [5.74, 6) is 1.74. The van der Waals surface area contributed by atoms with Crippen molar-refractivity contribution in [3.05, 3.63) is 77.8 Å². The topological polar surface area (TPSA) is 66.7 Å². The van der Waals surface area contributed by atoms with E-state index in [9.17, 15) is 5.26 Å². The van der Waals surface area contributed by atoms with Crippen molar-refractivity contribution in [1.29, 1.82) is 5.26 Å². The first-order chi connectivity index (χ1) is 13.8. The van der Waals surface area contributed by atoms with E-state index in [-0.39, 0.29) is 6.61 Å². The number of rotatable bonds is 6. The zero-order valence-electron chi connectivity index (χ0n) is 15.7. The van der Waals surface area contributed by atoms with Gasteiger partial charge in [0.2, 0.25) is 17.5 Å². The van der Waals surface area contributed by atoms with Crippen molar-refractivity contribution in [2.45, 2.75) is 13.2 Å². The summed E-state index contributed by atoms with van der Waals surface area (Å²) in [4.78, 5) is 7.96. The highest BCUT2D eigenvalue weighted by atomic mass is 16.5. The minimum atomic E-state index is 0.206. The first-order valence-electron chi connectivity index (χ1n) is 9.52. The van der Waals surface area contributed by atoms with Crippen LogP contribution in [0.25, 0.3) is 0 Å². The molecule has 0 unspecified atom stereocenters. The summed E-state index contributed by atoms with van der Waals surface area (Å²) in [6.45, 7) is 4.90. The molecule has 0 bridgehead atoms. The second kappa shape index (κ2) is 8.59.